The fourth-order valence-corrected chi connectivity index (χ4v) is 3.10. The first-order chi connectivity index (χ1) is 11.8. The summed E-state index contributed by atoms with van der Waals surface area (Å²) in [4.78, 5) is 12.2. The maximum atomic E-state index is 12.0. The summed E-state index contributed by atoms with van der Waals surface area (Å²) in [6.07, 6.45) is 0.819. The van der Waals surface area contributed by atoms with Crippen molar-refractivity contribution in [2.24, 2.45) is 0 Å². The molecule has 0 fully saturated rings. The summed E-state index contributed by atoms with van der Waals surface area (Å²) < 4.78 is 30.7. The van der Waals surface area contributed by atoms with E-state index in [1.54, 1.807) is 12.1 Å². The molecule has 7 heteroatoms. The van der Waals surface area contributed by atoms with Crippen molar-refractivity contribution in [3.63, 3.8) is 0 Å². The Morgan fingerprint density at radius 1 is 1.08 bits per heavy atom. The monoisotopic (exact) mass is 362 g/mol. The highest BCUT2D eigenvalue weighted by molar-refractivity contribution is 7.89. The molecule has 0 aliphatic heterocycles. The molecule has 0 saturated carbocycles. The maximum absolute atomic E-state index is 12.0. The van der Waals surface area contributed by atoms with Crippen LogP contribution in [-0.2, 0) is 21.2 Å². The van der Waals surface area contributed by atoms with Crippen LogP contribution in [-0.4, -0.2) is 39.3 Å². The smallest absolute Gasteiger partial charge is 0.262 e. The van der Waals surface area contributed by atoms with Crippen molar-refractivity contribution < 1.29 is 17.9 Å². The fraction of sp³-hybridized carbons (Fsp3) is 0.278. The van der Waals surface area contributed by atoms with Crippen LogP contribution in [0, 0.1) is 0 Å². The molecule has 2 aromatic rings. The van der Waals surface area contributed by atoms with Crippen LogP contribution < -0.4 is 10.1 Å². The summed E-state index contributed by atoms with van der Waals surface area (Å²) in [5.74, 6) is 0.377. The number of benzene rings is 2. The van der Waals surface area contributed by atoms with Crippen molar-refractivity contribution in [2.45, 2.75) is 18.2 Å². The molecule has 25 heavy (non-hydrogen) atoms. The van der Waals surface area contributed by atoms with Crippen LogP contribution >= 0.6 is 0 Å². The van der Waals surface area contributed by atoms with Crippen LogP contribution in [0.5, 0.6) is 5.75 Å². The highest BCUT2D eigenvalue weighted by Crippen LogP contribution is 2.19. The number of hydrogen-bond donors (Lipinski definition) is 1. The van der Waals surface area contributed by atoms with Gasteiger partial charge in [-0.3, -0.25) is 4.79 Å². The third-order valence-corrected chi connectivity index (χ3v) is 5.46. The predicted molar refractivity (Wildman–Crippen MR) is 97.3 cm³/mol. The molecule has 2 aromatic carbocycles. The normalized spacial score (nSPS) is 11.4. The van der Waals surface area contributed by atoms with Gasteiger partial charge in [0.05, 0.1) is 4.90 Å². The third kappa shape index (κ3) is 4.80. The second-order valence-corrected chi connectivity index (χ2v) is 7.76. The minimum atomic E-state index is -3.48. The topological polar surface area (TPSA) is 75.7 Å². The van der Waals surface area contributed by atoms with Crippen LogP contribution in [0.3, 0.4) is 0 Å². The van der Waals surface area contributed by atoms with E-state index in [4.69, 9.17) is 4.74 Å². The third-order valence-electron chi connectivity index (χ3n) is 3.63. The van der Waals surface area contributed by atoms with Gasteiger partial charge in [-0.05, 0) is 42.3 Å². The molecule has 0 bridgehead atoms. The van der Waals surface area contributed by atoms with Crippen molar-refractivity contribution in [2.75, 3.05) is 26.0 Å². The van der Waals surface area contributed by atoms with E-state index in [-0.39, 0.29) is 17.4 Å². The zero-order valence-corrected chi connectivity index (χ0v) is 15.3. The number of sulfonamides is 1. The van der Waals surface area contributed by atoms with Gasteiger partial charge in [-0.2, -0.15) is 0 Å². The molecule has 0 spiro atoms. The largest absolute Gasteiger partial charge is 0.483 e. The fourth-order valence-electron chi connectivity index (χ4n) is 2.20. The first kappa shape index (κ1) is 19.0. The standard InChI is InChI=1S/C18H22N2O4S/c1-4-14-7-5-6-8-17(14)24-13-18(21)19-15-9-11-16(12-10-15)25(22,23)20(2)3/h5-12H,4,13H2,1-3H3,(H,19,21). The zero-order chi connectivity index (χ0) is 18.4. The van der Waals surface area contributed by atoms with Gasteiger partial charge in [0.15, 0.2) is 6.61 Å². The summed E-state index contributed by atoms with van der Waals surface area (Å²) in [7, 11) is -0.543. The van der Waals surface area contributed by atoms with Gasteiger partial charge in [0, 0.05) is 19.8 Å². The van der Waals surface area contributed by atoms with Gasteiger partial charge in [0.25, 0.3) is 5.91 Å². The van der Waals surface area contributed by atoms with E-state index in [0.717, 1.165) is 16.3 Å². The van der Waals surface area contributed by atoms with E-state index >= 15 is 0 Å². The number of carbonyl (C=O) groups excluding carboxylic acids is 1. The number of hydrogen-bond acceptors (Lipinski definition) is 4. The molecule has 0 aromatic heterocycles. The van der Waals surface area contributed by atoms with Crippen LogP contribution in [0.25, 0.3) is 0 Å². The number of rotatable bonds is 7. The Morgan fingerprint density at radius 3 is 2.32 bits per heavy atom. The quantitative estimate of drug-likeness (QED) is 0.821. The molecular weight excluding hydrogens is 340 g/mol. The van der Waals surface area contributed by atoms with E-state index in [1.807, 2.05) is 31.2 Å². The summed E-state index contributed by atoms with van der Waals surface area (Å²) in [6, 6.07) is 13.6. The second-order valence-electron chi connectivity index (χ2n) is 5.61. The Balaban J connectivity index is 1.97. The summed E-state index contributed by atoms with van der Waals surface area (Å²) in [5.41, 5.74) is 1.55. The Morgan fingerprint density at radius 2 is 1.72 bits per heavy atom. The van der Waals surface area contributed by atoms with E-state index in [2.05, 4.69) is 5.32 Å². The Hall–Kier alpha value is -2.38. The summed E-state index contributed by atoms with van der Waals surface area (Å²) in [6.45, 7) is 1.90. The number of carbonyl (C=O) groups is 1. The lowest BCUT2D eigenvalue weighted by Crippen LogP contribution is -2.22. The van der Waals surface area contributed by atoms with Crippen molar-refractivity contribution in [1.29, 1.82) is 0 Å². The van der Waals surface area contributed by atoms with Gasteiger partial charge in [0.1, 0.15) is 5.75 Å². The summed E-state index contributed by atoms with van der Waals surface area (Å²) in [5, 5.41) is 2.69. The van der Waals surface area contributed by atoms with E-state index in [1.165, 1.54) is 26.2 Å². The lowest BCUT2D eigenvalue weighted by atomic mass is 10.1. The highest BCUT2D eigenvalue weighted by atomic mass is 32.2. The summed E-state index contributed by atoms with van der Waals surface area (Å²) >= 11 is 0. The molecular formula is C18H22N2O4S. The van der Waals surface area contributed by atoms with E-state index in [0.29, 0.717) is 11.4 Å². The van der Waals surface area contributed by atoms with Gasteiger partial charge < -0.3 is 10.1 Å². The Labute approximate surface area is 148 Å². The molecule has 0 atom stereocenters. The molecule has 0 aliphatic carbocycles. The molecule has 6 nitrogen and oxygen atoms in total. The van der Waals surface area contributed by atoms with Gasteiger partial charge in [-0.25, -0.2) is 12.7 Å². The Kier molecular flexibility index (Phi) is 6.17. The number of amides is 1. The molecule has 2 rings (SSSR count). The number of nitrogens with one attached hydrogen (secondary N) is 1. The van der Waals surface area contributed by atoms with Crippen LogP contribution in [0.15, 0.2) is 53.4 Å². The molecule has 134 valence electrons. The van der Waals surface area contributed by atoms with Gasteiger partial charge >= 0.3 is 0 Å². The predicted octanol–water partition coefficient (Wildman–Crippen LogP) is 2.52. The minimum absolute atomic E-state index is 0.116. The highest BCUT2D eigenvalue weighted by Gasteiger charge is 2.16. The van der Waals surface area contributed by atoms with Gasteiger partial charge in [-0.1, -0.05) is 25.1 Å². The average molecular weight is 362 g/mol. The molecule has 0 radical (unpaired) electrons. The van der Waals surface area contributed by atoms with Crippen LogP contribution in [0.1, 0.15) is 12.5 Å². The van der Waals surface area contributed by atoms with E-state index in [9.17, 15) is 13.2 Å². The lowest BCUT2D eigenvalue weighted by Gasteiger charge is -2.12. The number of ether oxygens (including phenoxy) is 1. The van der Waals surface area contributed by atoms with Gasteiger partial charge in [0.2, 0.25) is 10.0 Å². The molecule has 0 aliphatic rings. The lowest BCUT2D eigenvalue weighted by molar-refractivity contribution is -0.118. The van der Waals surface area contributed by atoms with Gasteiger partial charge in [-0.15, -0.1) is 0 Å². The molecule has 1 N–H and O–H groups in total. The molecule has 0 heterocycles. The number of aryl methyl sites for hydroxylation is 1. The first-order valence-corrected chi connectivity index (χ1v) is 9.31. The minimum Gasteiger partial charge on any atom is -0.483 e. The van der Waals surface area contributed by atoms with Crippen LogP contribution in [0.4, 0.5) is 5.69 Å². The van der Waals surface area contributed by atoms with E-state index < -0.39 is 10.0 Å². The first-order valence-electron chi connectivity index (χ1n) is 7.87. The molecule has 1 amide bonds. The number of nitrogens with zero attached hydrogens (tertiary/aromatic N) is 1. The van der Waals surface area contributed by atoms with Crippen molar-refractivity contribution >= 4 is 21.6 Å². The maximum Gasteiger partial charge on any atom is 0.262 e. The van der Waals surface area contributed by atoms with Crippen molar-refractivity contribution in [3.8, 4) is 5.75 Å². The number of anilines is 1. The Bertz CT molecular complexity index is 830. The molecule has 0 unspecified atom stereocenters. The van der Waals surface area contributed by atoms with Crippen LogP contribution in [0.2, 0.25) is 0 Å². The SMILES string of the molecule is CCc1ccccc1OCC(=O)Nc1ccc(S(=O)(=O)N(C)C)cc1. The van der Waals surface area contributed by atoms with Crippen molar-refractivity contribution in [3.05, 3.63) is 54.1 Å². The second kappa shape index (κ2) is 8.13. The zero-order valence-electron chi connectivity index (χ0n) is 14.5. The number of para-hydroxylation sites is 1. The van der Waals surface area contributed by atoms with Crippen molar-refractivity contribution in [1.82, 2.24) is 4.31 Å². The molecule has 0 saturated heterocycles. The average Bonchev–Trinajstić information content (AvgIpc) is 2.60.